The van der Waals surface area contributed by atoms with Gasteiger partial charge in [0, 0.05) is 35.8 Å². The second kappa shape index (κ2) is 7.07. The topological polar surface area (TPSA) is 64.0 Å². The zero-order valence-electron chi connectivity index (χ0n) is 18.4. The molecule has 2 aromatic carbocycles. The molecule has 32 heavy (non-hydrogen) atoms. The minimum absolute atomic E-state index is 0.111. The highest BCUT2D eigenvalue weighted by Crippen LogP contribution is 2.48. The van der Waals surface area contributed by atoms with E-state index in [4.69, 9.17) is 0 Å². The molecule has 5 nitrogen and oxygen atoms in total. The smallest absolute Gasteiger partial charge is 0.231 e. The van der Waals surface area contributed by atoms with Gasteiger partial charge in [0.25, 0.3) is 0 Å². The van der Waals surface area contributed by atoms with Gasteiger partial charge in [-0.25, -0.2) is 0 Å². The summed E-state index contributed by atoms with van der Waals surface area (Å²) in [7, 11) is 3.88. The van der Waals surface area contributed by atoms with Crippen molar-refractivity contribution >= 4 is 28.9 Å². The number of nitrogens with zero attached hydrogens (tertiary/aromatic N) is 2. The summed E-state index contributed by atoms with van der Waals surface area (Å²) in [5.74, 6) is -1.19. The molecule has 2 aliphatic heterocycles. The molecule has 1 aliphatic carbocycles. The molecule has 162 valence electrons. The minimum Gasteiger partial charge on any atom is -0.506 e. The van der Waals surface area contributed by atoms with Crippen LogP contribution >= 0.6 is 11.8 Å². The first-order chi connectivity index (χ1) is 15.2. The number of aliphatic hydroxyl groups excluding tert-OH is 2. The molecule has 5 rings (SSSR count). The van der Waals surface area contributed by atoms with E-state index in [1.807, 2.05) is 66.4 Å². The molecular weight excluding hydrogens is 420 g/mol. The standard InChI is InChI=1S/C26H24N2O3S/c1-26(2)17-9-5-6-10-18(17)27(3)21(26)13-15-23(29)16(25(31)24(15)30)14-22-28(4)19-11-7-8-12-20(19)32-22/h5-14,29H,1-4H3,(H,30,31)/b21-13-,22-14+. The lowest BCUT2D eigenvalue weighted by molar-refractivity contribution is -0.114. The normalized spacial score (nSPS) is 21.9. The number of benzene rings is 2. The lowest BCUT2D eigenvalue weighted by atomic mass is 9.83. The van der Waals surface area contributed by atoms with Gasteiger partial charge in [0.2, 0.25) is 5.78 Å². The van der Waals surface area contributed by atoms with Crippen LogP contribution in [0.4, 0.5) is 11.4 Å². The van der Waals surface area contributed by atoms with Crippen molar-refractivity contribution in [3.05, 3.63) is 99.6 Å². The fraction of sp³-hybridized carbons (Fsp3) is 0.192. The molecule has 0 spiro atoms. The van der Waals surface area contributed by atoms with Gasteiger partial charge in [-0.05, 0) is 35.9 Å². The molecule has 0 bridgehead atoms. The summed E-state index contributed by atoms with van der Waals surface area (Å²) in [4.78, 5) is 18.0. The number of carbonyl (C=O) groups is 1. The summed E-state index contributed by atoms with van der Waals surface area (Å²) in [6.07, 6.45) is 3.39. The van der Waals surface area contributed by atoms with E-state index in [0.29, 0.717) is 0 Å². The Morgan fingerprint density at radius 1 is 0.844 bits per heavy atom. The summed E-state index contributed by atoms with van der Waals surface area (Å²) < 4.78 is 0. The van der Waals surface area contributed by atoms with Gasteiger partial charge >= 0.3 is 0 Å². The third-order valence-corrected chi connectivity index (χ3v) is 7.65. The van der Waals surface area contributed by atoms with Gasteiger partial charge < -0.3 is 20.0 Å². The van der Waals surface area contributed by atoms with E-state index in [1.54, 1.807) is 12.2 Å². The number of Topliss-reactive ketones (excluding diaryl/α,β-unsaturated/α-hetero) is 1. The molecule has 0 atom stereocenters. The Labute approximate surface area is 191 Å². The van der Waals surface area contributed by atoms with Crippen LogP contribution in [0.2, 0.25) is 0 Å². The highest BCUT2D eigenvalue weighted by molar-refractivity contribution is 8.03. The van der Waals surface area contributed by atoms with Crippen LogP contribution < -0.4 is 9.80 Å². The van der Waals surface area contributed by atoms with Crippen molar-refractivity contribution in [1.29, 1.82) is 0 Å². The van der Waals surface area contributed by atoms with E-state index >= 15 is 0 Å². The minimum atomic E-state index is -0.565. The van der Waals surface area contributed by atoms with E-state index < -0.39 is 11.5 Å². The van der Waals surface area contributed by atoms with Crippen molar-refractivity contribution in [2.45, 2.75) is 24.2 Å². The highest BCUT2D eigenvalue weighted by atomic mass is 32.2. The van der Waals surface area contributed by atoms with Crippen LogP contribution in [0.5, 0.6) is 0 Å². The zero-order valence-corrected chi connectivity index (χ0v) is 19.2. The lowest BCUT2D eigenvalue weighted by Crippen LogP contribution is -2.23. The molecule has 0 saturated carbocycles. The van der Waals surface area contributed by atoms with Crippen molar-refractivity contribution in [3.63, 3.8) is 0 Å². The molecular formula is C26H24N2O3S. The molecule has 0 aromatic heterocycles. The number of allylic oxidation sites excluding steroid dienone is 4. The Bertz CT molecular complexity index is 1300. The van der Waals surface area contributed by atoms with Crippen molar-refractivity contribution in [2.75, 3.05) is 23.9 Å². The SMILES string of the molecule is CN1/C(=C\C2=C(O)C(/C=C3/Sc4ccccc4N3C)=C(O)C2=O)C(C)(C)c2ccccc21. The number of aliphatic hydroxyl groups is 2. The first-order valence-electron chi connectivity index (χ1n) is 10.4. The predicted octanol–water partition coefficient (Wildman–Crippen LogP) is 5.59. The average molecular weight is 445 g/mol. The number of thioether (sulfide) groups is 1. The highest BCUT2D eigenvalue weighted by Gasteiger charge is 2.40. The predicted molar refractivity (Wildman–Crippen MR) is 129 cm³/mol. The summed E-state index contributed by atoms with van der Waals surface area (Å²) in [6, 6.07) is 16.1. The Hall–Kier alpha value is -3.38. The molecule has 0 saturated heterocycles. The fourth-order valence-corrected chi connectivity index (χ4v) is 5.74. The van der Waals surface area contributed by atoms with Crippen LogP contribution in [0.1, 0.15) is 19.4 Å². The van der Waals surface area contributed by atoms with E-state index in [1.165, 1.54) is 11.8 Å². The van der Waals surface area contributed by atoms with Crippen LogP contribution in [-0.2, 0) is 10.2 Å². The number of likely N-dealkylation sites (N-methyl/N-ethyl adjacent to an activating group) is 1. The van der Waals surface area contributed by atoms with E-state index in [9.17, 15) is 15.0 Å². The molecule has 3 aliphatic rings. The monoisotopic (exact) mass is 444 g/mol. The largest absolute Gasteiger partial charge is 0.506 e. The molecule has 6 heteroatoms. The Morgan fingerprint density at radius 3 is 2.19 bits per heavy atom. The maximum Gasteiger partial charge on any atom is 0.231 e. The van der Waals surface area contributed by atoms with E-state index in [-0.39, 0.29) is 22.3 Å². The van der Waals surface area contributed by atoms with Gasteiger partial charge in [0.1, 0.15) is 5.76 Å². The number of anilines is 2. The number of rotatable bonds is 2. The average Bonchev–Trinajstić information content (AvgIpc) is 3.28. The first kappa shape index (κ1) is 20.5. The van der Waals surface area contributed by atoms with Crippen molar-refractivity contribution in [1.82, 2.24) is 0 Å². The number of para-hydroxylation sites is 2. The van der Waals surface area contributed by atoms with Crippen LogP contribution in [0.15, 0.2) is 99.0 Å². The number of hydrogen-bond donors (Lipinski definition) is 2. The molecule has 0 radical (unpaired) electrons. The van der Waals surface area contributed by atoms with Crippen molar-refractivity contribution < 1.29 is 15.0 Å². The van der Waals surface area contributed by atoms with Gasteiger partial charge in [-0.3, -0.25) is 4.79 Å². The van der Waals surface area contributed by atoms with E-state index in [0.717, 1.165) is 32.6 Å². The quantitative estimate of drug-likeness (QED) is 0.630. The third-order valence-electron chi connectivity index (χ3n) is 6.49. The van der Waals surface area contributed by atoms with Crippen molar-refractivity contribution in [2.24, 2.45) is 0 Å². The summed E-state index contributed by atoms with van der Waals surface area (Å²) >= 11 is 1.54. The number of fused-ring (bicyclic) bond motifs is 2. The Kier molecular flexibility index (Phi) is 4.53. The summed E-state index contributed by atoms with van der Waals surface area (Å²) in [6.45, 7) is 4.19. The summed E-state index contributed by atoms with van der Waals surface area (Å²) in [5.41, 5.74) is 4.07. The third kappa shape index (κ3) is 2.83. The zero-order chi connectivity index (χ0) is 22.8. The van der Waals surface area contributed by atoms with Crippen LogP contribution in [0.25, 0.3) is 0 Å². The first-order valence-corrected chi connectivity index (χ1v) is 11.2. The van der Waals surface area contributed by atoms with Gasteiger partial charge in [0.05, 0.1) is 21.9 Å². The molecule has 2 N–H and O–H groups in total. The Balaban J connectivity index is 1.55. The second-order valence-corrected chi connectivity index (χ2v) is 9.76. The molecule has 2 heterocycles. The van der Waals surface area contributed by atoms with Crippen LogP contribution in [0, 0.1) is 0 Å². The van der Waals surface area contributed by atoms with Gasteiger partial charge in [-0.2, -0.15) is 0 Å². The van der Waals surface area contributed by atoms with Gasteiger partial charge in [-0.1, -0.05) is 55.9 Å². The van der Waals surface area contributed by atoms with Crippen LogP contribution in [-0.4, -0.2) is 30.1 Å². The maximum absolute atomic E-state index is 12.9. The molecule has 2 aromatic rings. The van der Waals surface area contributed by atoms with E-state index in [2.05, 4.69) is 19.9 Å². The number of ketones is 1. The number of hydrogen-bond acceptors (Lipinski definition) is 6. The lowest BCUT2D eigenvalue weighted by Gasteiger charge is -2.24. The van der Waals surface area contributed by atoms with Crippen LogP contribution in [0.3, 0.4) is 0 Å². The molecule has 0 fully saturated rings. The maximum atomic E-state index is 12.9. The summed E-state index contributed by atoms with van der Waals surface area (Å²) in [5, 5.41) is 22.4. The Morgan fingerprint density at radius 2 is 1.50 bits per heavy atom. The van der Waals surface area contributed by atoms with Gasteiger partial charge in [-0.15, -0.1) is 0 Å². The second-order valence-electron chi connectivity index (χ2n) is 8.70. The van der Waals surface area contributed by atoms with Crippen molar-refractivity contribution in [3.8, 4) is 0 Å². The molecule has 0 unspecified atom stereocenters. The molecule has 0 amide bonds. The van der Waals surface area contributed by atoms with Gasteiger partial charge in [0.15, 0.2) is 5.76 Å². The number of carbonyl (C=O) groups excluding carboxylic acids is 1. The fourth-order valence-electron chi connectivity index (χ4n) is 4.65.